The minimum Gasteiger partial charge on any atom is -0.481 e. The minimum absolute atomic E-state index is 0.0254. The molecule has 1 amide bonds. The Morgan fingerprint density at radius 2 is 2.22 bits per heavy atom. The molecule has 1 unspecified atom stereocenters. The molecular weight excluding hydrogens is 294 g/mol. The van der Waals surface area contributed by atoms with E-state index in [1.807, 2.05) is 22.8 Å². The van der Waals surface area contributed by atoms with Crippen molar-refractivity contribution in [1.29, 1.82) is 0 Å². The Kier molecular flexibility index (Phi) is 3.25. The monoisotopic (exact) mass is 317 g/mol. The Bertz CT molecular complexity index is 668. The summed E-state index contributed by atoms with van der Waals surface area (Å²) in [4.78, 5) is 26.6. The van der Waals surface area contributed by atoms with Crippen LogP contribution in [-0.2, 0) is 29.5 Å². The summed E-state index contributed by atoms with van der Waals surface area (Å²) in [6, 6.07) is 0. The Hall–Kier alpha value is -1.85. The van der Waals surface area contributed by atoms with E-state index in [1.54, 1.807) is 0 Å². The van der Waals surface area contributed by atoms with Gasteiger partial charge in [0.1, 0.15) is 0 Å². The molecule has 1 saturated heterocycles. The van der Waals surface area contributed by atoms with Gasteiger partial charge in [-0.2, -0.15) is 5.10 Å². The molecule has 2 fully saturated rings. The summed E-state index contributed by atoms with van der Waals surface area (Å²) in [6.45, 7) is 1.03. The molecule has 1 N–H and O–H groups in total. The Labute approximate surface area is 135 Å². The number of aryl methyl sites for hydroxylation is 2. The molecule has 6 heteroatoms. The number of aliphatic carboxylic acids is 1. The van der Waals surface area contributed by atoms with Gasteiger partial charge in [0.25, 0.3) is 0 Å². The van der Waals surface area contributed by atoms with Crippen LogP contribution in [0.3, 0.4) is 0 Å². The van der Waals surface area contributed by atoms with Crippen molar-refractivity contribution in [3.05, 3.63) is 17.5 Å². The number of carboxylic acid groups (broad SMARTS) is 1. The molecule has 124 valence electrons. The van der Waals surface area contributed by atoms with Crippen molar-refractivity contribution in [2.45, 2.75) is 38.5 Å². The van der Waals surface area contributed by atoms with Gasteiger partial charge < -0.3 is 10.0 Å². The summed E-state index contributed by atoms with van der Waals surface area (Å²) in [7, 11) is 1.92. The number of nitrogens with zero attached hydrogens (tertiary/aromatic N) is 3. The number of amides is 1. The first-order valence-corrected chi connectivity index (χ1v) is 8.53. The van der Waals surface area contributed by atoms with Gasteiger partial charge in [-0.05, 0) is 37.2 Å². The third-order valence-corrected chi connectivity index (χ3v) is 6.31. The first-order chi connectivity index (χ1) is 11.0. The smallest absolute Gasteiger partial charge is 0.311 e. The lowest BCUT2D eigenvalue weighted by atomic mass is 9.81. The van der Waals surface area contributed by atoms with E-state index >= 15 is 0 Å². The molecule has 0 radical (unpaired) electrons. The number of hydrogen-bond acceptors (Lipinski definition) is 3. The van der Waals surface area contributed by atoms with E-state index < -0.39 is 11.4 Å². The zero-order valence-electron chi connectivity index (χ0n) is 13.5. The van der Waals surface area contributed by atoms with Crippen molar-refractivity contribution in [1.82, 2.24) is 14.7 Å². The standard InChI is InChI=1S/C17H23N3O3/c1-19-14-7-11(4-5-12(14)8-18-19)15(21)20-9-13-3-2-6-17(13,10-20)16(22)23/h8,11,13H,2-7,9-10H2,1H3,(H,22,23)/t11?,13-,17+/m0/s1. The molecule has 1 aromatic heterocycles. The van der Waals surface area contributed by atoms with Crippen LogP contribution < -0.4 is 0 Å². The lowest BCUT2D eigenvalue weighted by molar-refractivity contribution is -0.149. The number of carboxylic acids is 1. The summed E-state index contributed by atoms with van der Waals surface area (Å²) < 4.78 is 1.87. The van der Waals surface area contributed by atoms with Crippen molar-refractivity contribution in [2.75, 3.05) is 13.1 Å². The van der Waals surface area contributed by atoms with Gasteiger partial charge in [-0.15, -0.1) is 0 Å². The lowest BCUT2D eigenvalue weighted by Gasteiger charge is -2.28. The fraction of sp³-hybridized carbons (Fsp3) is 0.706. The highest BCUT2D eigenvalue weighted by atomic mass is 16.4. The maximum atomic E-state index is 12.9. The number of rotatable bonds is 2. The maximum Gasteiger partial charge on any atom is 0.311 e. The lowest BCUT2D eigenvalue weighted by Crippen LogP contribution is -2.40. The van der Waals surface area contributed by atoms with Gasteiger partial charge in [0.2, 0.25) is 5.91 Å². The third-order valence-electron chi connectivity index (χ3n) is 6.31. The molecule has 6 nitrogen and oxygen atoms in total. The minimum atomic E-state index is -0.715. The second-order valence-electron chi connectivity index (χ2n) is 7.45. The van der Waals surface area contributed by atoms with E-state index in [9.17, 15) is 14.7 Å². The first kappa shape index (κ1) is 14.7. The second-order valence-corrected chi connectivity index (χ2v) is 7.45. The van der Waals surface area contributed by atoms with Crippen molar-refractivity contribution < 1.29 is 14.7 Å². The van der Waals surface area contributed by atoms with E-state index in [-0.39, 0.29) is 17.7 Å². The van der Waals surface area contributed by atoms with E-state index in [0.29, 0.717) is 19.5 Å². The van der Waals surface area contributed by atoms with Gasteiger partial charge in [0.05, 0.1) is 11.6 Å². The number of carbonyl (C=O) groups is 2. The molecule has 3 aliphatic rings. The van der Waals surface area contributed by atoms with Crippen molar-refractivity contribution in [3.63, 3.8) is 0 Å². The van der Waals surface area contributed by atoms with E-state index in [1.165, 1.54) is 5.56 Å². The fourth-order valence-corrected chi connectivity index (χ4v) is 4.92. The number of fused-ring (bicyclic) bond motifs is 2. The molecule has 1 aliphatic heterocycles. The average Bonchev–Trinajstić information content (AvgIpc) is 3.19. The summed E-state index contributed by atoms with van der Waals surface area (Å²) in [5.74, 6) is -0.456. The highest BCUT2D eigenvalue weighted by Gasteiger charge is 2.56. The molecule has 23 heavy (non-hydrogen) atoms. The van der Waals surface area contributed by atoms with Crippen LogP contribution in [0.4, 0.5) is 0 Å². The largest absolute Gasteiger partial charge is 0.481 e. The predicted octanol–water partition coefficient (Wildman–Crippen LogP) is 1.24. The van der Waals surface area contributed by atoms with Crippen LogP contribution in [0.2, 0.25) is 0 Å². The summed E-state index contributed by atoms with van der Waals surface area (Å²) in [5.41, 5.74) is 1.72. The number of carbonyl (C=O) groups excluding carboxylic acids is 1. The Morgan fingerprint density at radius 1 is 1.39 bits per heavy atom. The van der Waals surface area contributed by atoms with Crippen LogP contribution in [0.25, 0.3) is 0 Å². The SMILES string of the molecule is Cn1ncc2c1CC(C(=O)N1C[C@@H]3CCC[C@@]3(C(=O)O)C1)CC2. The van der Waals surface area contributed by atoms with Crippen LogP contribution >= 0.6 is 0 Å². The molecule has 0 spiro atoms. The molecular formula is C17H23N3O3. The topological polar surface area (TPSA) is 75.4 Å². The van der Waals surface area contributed by atoms with Crippen LogP contribution in [0.5, 0.6) is 0 Å². The number of aromatic nitrogens is 2. The maximum absolute atomic E-state index is 12.9. The van der Waals surface area contributed by atoms with Crippen LogP contribution in [0.1, 0.15) is 36.9 Å². The summed E-state index contributed by atoms with van der Waals surface area (Å²) in [6.07, 6.45) is 6.99. The van der Waals surface area contributed by atoms with Gasteiger partial charge in [0, 0.05) is 38.2 Å². The van der Waals surface area contributed by atoms with Crippen molar-refractivity contribution >= 4 is 11.9 Å². The quantitative estimate of drug-likeness (QED) is 0.890. The van der Waals surface area contributed by atoms with Crippen LogP contribution in [-0.4, -0.2) is 44.8 Å². The molecule has 3 atom stereocenters. The van der Waals surface area contributed by atoms with Gasteiger partial charge in [-0.3, -0.25) is 14.3 Å². The molecule has 4 rings (SSSR count). The van der Waals surface area contributed by atoms with Gasteiger partial charge in [0.15, 0.2) is 0 Å². The highest BCUT2D eigenvalue weighted by molar-refractivity contribution is 5.83. The molecule has 2 heterocycles. The average molecular weight is 317 g/mol. The van der Waals surface area contributed by atoms with Gasteiger partial charge >= 0.3 is 5.97 Å². The Balaban J connectivity index is 1.51. The molecule has 0 aromatic carbocycles. The second kappa shape index (κ2) is 5.08. The fourth-order valence-electron chi connectivity index (χ4n) is 4.92. The normalized spacial score (nSPS) is 32.7. The van der Waals surface area contributed by atoms with E-state index in [4.69, 9.17) is 0 Å². The van der Waals surface area contributed by atoms with Gasteiger partial charge in [-0.25, -0.2) is 0 Å². The zero-order valence-corrected chi connectivity index (χ0v) is 13.5. The third kappa shape index (κ3) is 2.11. The predicted molar refractivity (Wildman–Crippen MR) is 82.7 cm³/mol. The molecule has 2 aliphatic carbocycles. The van der Waals surface area contributed by atoms with E-state index in [0.717, 1.165) is 37.8 Å². The molecule has 1 aromatic rings. The van der Waals surface area contributed by atoms with E-state index in [2.05, 4.69) is 5.10 Å². The molecule has 0 bridgehead atoms. The van der Waals surface area contributed by atoms with Crippen molar-refractivity contribution in [2.24, 2.45) is 24.3 Å². The van der Waals surface area contributed by atoms with Gasteiger partial charge in [-0.1, -0.05) is 6.42 Å². The van der Waals surface area contributed by atoms with Crippen LogP contribution in [0, 0.1) is 17.3 Å². The first-order valence-electron chi connectivity index (χ1n) is 8.53. The highest BCUT2D eigenvalue weighted by Crippen LogP contribution is 2.49. The van der Waals surface area contributed by atoms with Crippen LogP contribution in [0.15, 0.2) is 6.20 Å². The summed E-state index contributed by atoms with van der Waals surface area (Å²) in [5, 5.41) is 14.0. The molecule has 1 saturated carbocycles. The zero-order chi connectivity index (χ0) is 16.2. The van der Waals surface area contributed by atoms with Crippen molar-refractivity contribution in [3.8, 4) is 0 Å². The number of hydrogen-bond donors (Lipinski definition) is 1. The Morgan fingerprint density at radius 3 is 2.96 bits per heavy atom. The summed E-state index contributed by atoms with van der Waals surface area (Å²) >= 11 is 0. The number of likely N-dealkylation sites (tertiary alicyclic amines) is 1.